The summed E-state index contributed by atoms with van der Waals surface area (Å²) in [5.41, 5.74) is 0.486. The van der Waals surface area contributed by atoms with Crippen molar-refractivity contribution in [2.75, 3.05) is 0 Å². The number of hydrogen-bond donors (Lipinski definition) is 3. The van der Waals surface area contributed by atoms with Crippen LogP contribution in [0.5, 0.6) is 0 Å². The van der Waals surface area contributed by atoms with Crippen molar-refractivity contribution >= 4 is 28.7 Å². The van der Waals surface area contributed by atoms with Crippen LogP contribution < -0.4 is 5.56 Å². The van der Waals surface area contributed by atoms with Crippen LogP contribution in [0, 0.1) is 0 Å². The molecule has 0 fully saturated rings. The fourth-order valence-corrected chi connectivity index (χ4v) is 2.31. The molecule has 9 nitrogen and oxygen atoms in total. The molecule has 0 spiro atoms. The van der Waals surface area contributed by atoms with E-state index in [1.165, 1.54) is 10.9 Å². The van der Waals surface area contributed by atoms with Gasteiger partial charge < -0.3 is 19.8 Å². The number of hydrogen-bond acceptors (Lipinski definition) is 6. The third kappa shape index (κ3) is 3.15. The molecule has 0 saturated carbocycles. The number of aliphatic hydroxyl groups excluding tert-OH is 1. The molecule has 2 heterocycles. The number of aromatic nitrogens is 4. The number of nitrogens with one attached hydrogen (secondary N) is 1. The number of imidazole rings is 1. The number of carbonyl (C=O) groups is 2. The predicted octanol–water partition coefficient (Wildman–Crippen LogP) is 0.720. The van der Waals surface area contributed by atoms with E-state index < -0.39 is 23.1 Å². The van der Waals surface area contributed by atoms with Crippen molar-refractivity contribution in [1.29, 1.82) is 0 Å². The Kier molecular flexibility index (Phi) is 4.12. The Bertz CT molecular complexity index is 1050. The molecule has 2 aromatic heterocycles. The molecule has 25 heavy (non-hydrogen) atoms. The quantitative estimate of drug-likeness (QED) is 0.353. The van der Waals surface area contributed by atoms with Gasteiger partial charge in [0.2, 0.25) is 0 Å². The van der Waals surface area contributed by atoms with Crippen molar-refractivity contribution in [2.24, 2.45) is 0 Å². The van der Waals surface area contributed by atoms with Gasteiger partial charge in [0, 0.05) is 6.08 Å². The van der Waals surface area contributed by atoms with E-state index in [9.17, 15) is 19.5 Å². The maximum Gasteiger partial charge on any atom is 0.376 e. The summed E-state index contributed by atoms with van der Waals surface area (Å²) in [6.45, 7) is 0.211. The van der Waals surface area contributed by atoms with Crippen molar-refractivity contribution in [3.8, 4) is 0 Å². The molecule has 0 saturated heterocycles. The third-order valence-corrected chi connectivity index (χ3v) is 3.43. The number of carbonyl (C=O) groups excluding carboxylic acids is 1. The van der Waals surface area contributed by atoms with E-state index in [4.69, 9.17) is 5.11 Å². The van der Waals surface area contributed by atoms with Crippen LogP contribution in [0.2, 0.25) is 0 Å². The number of nitrogens with zero attached hydrogens (tertiary/aromatic N) is 3. The van der Waals surface area contributed by atoms with Crippen LogP contribution in [0.1, 0.15) is 11.4 Å². The molecule has 0 atom stereocenters. The molecular weight excluding hydrogens is 328 g/mol. The van der Waals surface area contributed by atoms with E-state index in [2.05, 4.69) is 15.0 Å². The number of carboxylic acids is 1. The highest BCUT2D eigenvalue weighted by molar-refractivity contribution is 6.38. The summed E-state index contributed by atoms with van der Waals surface area (Å²) < 4.78 is 1.43. The standard InChI is InChI=1S/C16H12N4O5/c21-10(6-11(22)16(24)25)13-19-12-14(17-8-18-15(12)23)20(13)7-9-4-2-1-3-5-9/h1-6,8,21H,7H2,(H,24,25)(H,17,18,23). The monoisotopic (exact) mass is 340 g/mol. The summed E-state index contributed by atoms with van der Waals surface area (Å²) >= 11 is 0. The Morgan fingerprint density at radius 1 is 1.20 bits per heavy atom. The summed E-state index contributed by atoms with van der Waals surface area (Å²) in [5, 5.41) is 18.8. The minimum Gasteiger partial charge on any atom is -0.504 e. The maximum absolute atomic E-state index is 11.9. The van der Waals surface area contributed by atoms with Crippen molar-refractivity contribution < 1.29 is 19.8 Å². The SMILES string of the molecule is O=C(O)C(=O)C=C(O)c1nc2c(=O)[nH]cnc2n1Cc1ccccc1. The Balaban J connectivity index is 2.18. The maximum atomic E-state index is 11.9. The van der Waals surface area contributed by atoms with Gasteiger partial charge in [-0.2, -0.15) is 0 Å². The first-order chi connectivity index (χ1) is 12.0. The Morgan fingerprint density at radius 2 is 1.92 bits per heavy atom. The van der Waals surface area contributed by atoms with Gasteiger partial charge in [-0.25, -0.2) is 14.8 Å². The molecule has 3 rings (SSSR count). The zero-order valence-corrected chi connectivity index (χ0v) is 12.7. The molecule has 0 aliphatic carbocycles. The summed E-state index contributed by atoms with van der Waals surface area (Å²) in [6.07, 6.45) is 1.74. The minimum absolute atomic E-state index is 0.0313. The normalized spacial score (nSPS) is 11.6. The lowest BCUT2D eigenvalue weighted by atomic mass is 10.2. The molecule has 3 aromatic rings. The molecule has 1 aromatic carbocycles. The van der Waals surface area contributed by atoms with Gasteiger partial charge >= 0.3 is 5.97 Å². The fraction of sp³-hybridized carbons (Fsp3) is 0.0625. The van der Waals surface area contributed by atoms with E-state index in [1.807, 2.05) is 30.3 Å². The number of benzene rings is 1. The smallest absolute Gasteiger partial charge is 0.376 e. The second-order valence-corrected chi connectivity index (χ2v) is 5.11. The Morgan fingerprint density at radius 3 is 2.60 bits per heavy atom. The number of aliphatic hydroxyl groups is 1. The van der Waals surface area contributed by atoms with Crippen LogP contribution >= 0.6 is 0 Å². The molecule has 0 aliphatic heterocycles. The fourth-order valence-electron chi connectivity index (χ4n) is 2.31. The second kappa shape index (κ2) is 6.40. The number of rotatable bonds is 5. The molecular formula is C16H12N4O5. The Labute approximate surface area is 139 Å². The van der Waals surface area contributed by atoms with Gasteiger partial charge in [-0.1, -0.05) is 30.3 Å². The number of aromatic amines is 1. The van der Waals surface area contributed by atoms with Crippen molar-refractivity contribution in [2.45, 2.75) is 6.54 Å². The highest BCUT2D eigenvalue weighted by atomic mass is 16.4. The van der Waals surface area contributed by atoms with Crippen LogP contribution in [-0.2, 0) is 16.1 Å². The molecule has 3 N–H and O–H groups in total. The lowest BCUT2D eigenvalue weighted by Gasteiger charge is -2.08. The minimum atomic E-state index is -1.71. The largest absolute Gasteiger partial charge is 0.504 e. The number of aliphatic carboxylic acids is 1. The lowest BCUT2D eigenvalue weighted by molar-refractivity contribution is -0.146. The Hall–Kier alpha value is -3.75. The summed E-state index contributed by atoms with van der Waals surface area (Å²) in [4.78, 5) is 44.4. The average molecular weight is 340 g/mol. The highest BCUT2D eigenvalue weighted by Crippen LogP contribution is 2.18. The average Bonchev–Trinajstić information content (AvgIpc) is 2.96. The summed E-state index contributed by atoms with van der Waals surface area (Å²) in [7, 11) is 0. The molecule has 0 bridgehead atoms. The molecule has 0 aliphatic rings. The third-order valence-electron chi connectivity index (χ3n) is 3.43. The summed E-state index contributed by atoms with van der Waals surface area (Å²) in [5.74, 6) is -3.82. The first kappa shape index (κ1) is 16.1. The lowest BCUT2D eigenvalue weighted by Crippen LogP contribution is -2.11. The highest BCUT2D eigenvalue weighted by Gasteiger charge is 2.19. The van der Waals surface area contributed by atoms with Crippen LogP contribution in [-0.4, -0.2) is 41.5 Å². The van der Waals surface area contributed by atoms with Gasteiger partial charge in [0.25, 0.3) is 11.3 Å². The van der Waals surface area contributed by atoms with E-state index in [1.54, 1.807) is 0 Å². The van der Waals surface area contributed by atoms with Crippen LogP contribution in [0.25, 0.3) is 16.9 Å². The van der Waals surface area contributed by atoms with Gasteiger partial charge in [-0.15, -0.1) is 0 Å². The van der Waals surface area contributed by atoms with E-state index in [-0.39, 0.29) is 23.5 Å². The van der Waals surface area contributed by atoms with Crippen LogP contribution in [0.4, 0.5) is 0 Å². The van der Waals surface area contributed by atoms with Gasteiger partial charge in [0.1, 0.15) is 0 Å². The number of H-pyrrole nitrogens is 1. The molecule has 0 unspecified atom stereocenters. The first-order valence-electron chi connectivity index (χ1n) is 7.13. The van der Waals surface area contributed by atoms with Crippen molar-refractivity contribution in [1.82, 2.24) is 19.5 Å². The zero-order valence-electron chi connectivity index (χ0n) is 12.7. The van der Waals surface area contributed by atoms with Crippen molar-refractivity contribution in [3.63, 3.8) is 0 Å². The molecule has 0 radical (unpaired) electrons. The van der Waals surface area contributed by atoms with E-state index >= 15 is 0 Å². The second-order valence-electron chi connectivity index (χ2n) is 5.11. The number of fused-ring (bicyclic) bond motifs is 1. The summed E-state index contributed by atoms with van der Waals surface area (Å²) in [6, 6.07) is 9.12. The predicted molar refractivity (Wildman–Crippen MR) is 86.9 cm³/mol. The van der Waals surface area contributed by atoms with Crippen LogP contribution in [0.3, 0.4) is 0 Å². The first-order valence-corrected chi connectivity index (χ1v) is 7.13. The number of carboxylic acid groups (broad SMARTS) is 1. The van der Waals surface area contributed by atoms with Gasteiger partial charge in [-0.05, 0) is 5.56 Å². The van der Waals surface area contributed by atoms with Gasteiger partial charge in [0.05, 0.1) is 12.9 Å². The van der Waals surface area contributed by atoms with Gasteiger partial charge in [-0.3, -0.25) is 9.59 Å². The number of ketones is 1. The molecule has 126 valence electrons. The van der Waals surface area contributed by atoms with E-state index in [0.717, 1.165) is 5.56 Å². The zero-order chi connectivity index (χ0) is 18.0. The van der Waals surface area contributed by atoms with Gasteiger partial charge in [0.15, 0.2) is 22.7 Å². The topological polar surface area (TPSA) is 138 Å². The molecule has 9 heteroatoms. The van der Waals surface area contributed by atoms with Crippen LogP contribution in [0.15, 0.2) is 47.5 Å². The van der Waals surface area contributed by atoms with Crippen molar-refractivity contribution in [3.05, 3.63) is 64.5 Å². The molecule has 0 amide bonds. The van der Waals surface area contributed by atoms with E-state index in [0.29, 0.717) is 6.08 Å².